The third kappa shape index (κ3) is 2.65. The number of fused-ring (bicyclic) bond motifs is 1. The molecule has 26 heavy (non-hydrogen) atoms. The first-order valence-corrected chi connectivity index (χ1v) is 8.05. The molecule has 0 atom stereocenters. The Hall–Kier alpha value is -3.42. The molecule has 0 bridgehead atoms. The molecule has 0 aliphatic carbocycles. The van der Waals surface area contributed by atoms with Gasteiger partial charge in [0, 0.05) is 37.5 Å². The maximum atomic E-state index is 14.2. The van der Waals surface area contributed by atoms with E-state index in [1.807, 2.05) is 25.3 Å². The van der Waals surface area contributed by atoms with Gasteiger partial charge in [0.2, 0.25) is 5.95 Å². The van der Waals surface area contributed by atoms with Crippen molar-refractivity contribution < 1.29 is 9.18 Å². The number of aromatic nitrogens is 5. The fourth-order valence-corrected chi connectivity index (χ4v) is 2.84. The SMILES string of the molecule is CC(=O)c1cn2cc(-c3nnn(C4=C(F)N=CC=CC4)c3C)ccc2n1. The van der Waals surface area contributed by atoms with Crippen molar-refractivity contribution in [1.82, 2.24) is 24.4 Å². The zero-order valence-electron chi connectivity index (χ0n) is 14.2. The van der Waals surface area contributed by atoms with E-state index in [2.05, 4.69) is 20.3 Å². The van der Waals surface area contributed by atoms with Crippen LogP contribution in [0.25, 0.3) is 22.6 Å². The largest absolute Gasteiger partial charge is 0.306 e. The van der Waals surface area contributed by atoms with Gasteiger partial charge in [-0.15, -0.1) is 5.10 Å². The average molecular weight is 350 g/mol. The maximum Gasteiger partial charge on any atom is 0.234 e. The molecule has 0 unspecified atom stereocenters. The van der Waals surface area contributed by atoms with Crippen molar-refractivity contribution in [2.75, 3.05) is 0 Å². The minimum atomic E-state index is -0.578. The monoisotopic (exact) mass is 350 g/mol. The van der Waals surface area contributed by atoms with Crippen LogP contribution in [0.15, 0.2) is 47.6 Å². The van der Waals surface area contributed by atoms with Gasteiger partial charge in [0.15, 0.2) is 5.78 Å². The highest BCUT2D eigenvalue weighted by atomic mass is 19.1. The van der Waals surface area contributed by atoms with Crippen molar-refractivity contribution in [3.63, 3.8) is 0 Å². The Labute approximate surface area is 148 Å². The number of pyridine rings is 1. The molecule has 0 amide bonds. The molecule has 4 rings (SSSR count). The van der Waals surface area contributed by atoms with E-state index in [1.165, 1.54) is 17.8 Å². The van der Waals surface area contributed by atoms with Gasteiger partial charge in [0.25, 0.3) is 0 Å². The Kier molecular flexibility index (Phi) is 3.80. The van der Waals surface area contributed by atoms with Crippen LogP contribution in [0.3, 0.4) is 0 Å². The van der Waals surface area contributed by atoms with Gasteiger partial charge in [-0.3, -0.25) is 4.79 Å². The van der Waals surface area contributed by atoms with E-state index in [0.717, 1.165) is 5.56 Å². The second-order valence-electron chi connectivity index (χ2n) is 5.95. The molecule has 0 radical (unpaired) electrons. The molecule has 0 aromatic carbocycles. The normalized spacial score (nSPS) is 14.3. The molecule has 1 aliphatic rings. The summed E-state index contributed by atoms with van der Waals surface area (Å²) >= 11 is 0. The van der Waals surface area contributed by atoms with E-state index >= 15 is 0 Å². The smallest absolute Gasteiger partial charge is 0.234 e. The van der Waals surface area contributed by atoms with Crippen LogP contribution in [-0.2, 0) is 0 Å². The Morgan fingerprint density at radius 2 is 2.12 bits per heavy atom. The number of ketones is 1. The number of aliphatic imine (C=N–C) groups is 1. The Morgan fingerprint density at radius 3 is 2.92 bits per heavy atom. The number of carbonyl (C=O) groups excluding carboxylic acids is 1. The average Bonchev–Trinajstić information content (AvgIpc) is 3.14. The summed E-state index contributed by atoms with van der Waals surface area (Å²) in [4.78, 5) is 19.5. The maximum absolute atomic E-state index is 14.2. The summed E-state index contributed by atoms with van der Waals surface area (Å²) < 4.78 is 17.4. The topological polar surface area (TPSA) is 77.4 Å². The summed E-state index contributed by atoms with van der Waals surface area (Å²) in [5.74, 6) is -0.674. The lowest BCUT2D eigenvalue weighted by molar-refractivity contribution is 0.101. The van der Waals surface area contributed by atoms with Crippen molar-refractivity contribution >= 4 is 23.3 Å². The number of nitrogens with zero attached hydrogens (tertiary/aromatic N) is 6. The molecule has 3 aromatic heterocycles. The van der Waals surface area contributed by atoms with E-state index in [4.69, 9.17) is 0 Å². The van der Waals surface area contributed by atoms with Gasteiger partial charge in [0.05, 0.1) is 5.69 Å². The van der Waals surface area contributed by atoms with Gasteiger partial charge < -0.3 is 4.40 Å². The van der Waals surface area contributed by atoms with Crippen LogP contribution in [0, 0.1) is 6.92 Å². The Balaban J connectivity index is 1.79. The van der Waals surface area contributed by atoms with Crippen LogP contribution < -0.4 is 0 Å². The molecule has 0 saturated heterocycles. The molecule has 1 aliphatic heterocycles. The van der Waals surface area contributed by atoms with Gasteiger partial charge in [-0.05, 0) is 25.1 Å². The summed E-state index contributed by atoms with van der Waals surface area (Å²) in [6, 6.07) is 3.66. The van der Waals surface area contributed by atoms with Gasteiger partial charge in [-0.1, -0.05) is 11.3 Å². The van der Waals surface area contributed by atoms with Crippen LogP contribution >= 0.6 is 0 Å². The van der Waals surface area contributed by atoms with Crippen molar-refractivity contribution in [3.05, 3.63) is 54.0 Å². The Bertz CT molecular complexity index is 1120. The third-order valence-electron chi connectivity index (χ3n) is 4.19. The minimum Gasteiger partial charge on any atom is -0.306 e. The fraction of sp³-hybridized carbons (Fsp3) is 0.167. The number of allylic oxidation sites excluding steroid dienone is 3. The molecule has 0 spiro atoms. The van der Waals surface area contributed by atoms with E-state index in [-0.39, 0.29) is 5.78 Å². The summed E-state index contributed by atoms with van der Waals surface area (Å²) in [7, 11) is 0. The third-order valence-corrected chi connectivity index (χ3v) is 4.19. The van der Waals surface area contributed by atoms with E-state index in [9.17, 15) is 9.18 Å². The number of hydrogen-bond acceptors (Lipinski definition) is 5. The lowest BCUT2D eigenvalue weighted by Crippen LogP contribution is -2.03. The second kappa shape index (κ2) is 6.14. The molecule has 4 heterocycles. The molecule has 0 N–H and O–H groups in total. The molecule has 0 fully saturated rings. The van der Waals surface area contributed by atoms with Crippen LogP contribution in [-0.4, -0.2) is 36.4 Å². The number of hydrogen-bond donors (Lipinski definition) is 0. The number of carbonyl (C=O) groups is 1. The molecule has 7 nitrogen and oxygen atoms in total. The van der Waals surface area contributed by atoms with Crippen LogP contribution in [0.5, 0.6) is 0 Å². The lowest BCUT2D eigenvalue weighted by atomic mass is 10.1. The van der Waals surface area contributed by atoms with E-state index < -0.39 is 5.95 Å². The second-order valence-corrected chi connectivity index (χ2v) is 5.95. The summed E-state index contributed by atoms with van der Waals surface area (Å²) in [5, 5.41) is 8.31. The minimum absolute atomic E-state index is 0.0956. The Morgan fingerprint density at radius 1 is 1.27 bits per heavy atom. The summed E-state index contributed by atoms with van der Waals surface area (Å²) in [5.41, 5.74) is 3.53. The first-order chi connectivity index (χ1) is 12.5. The highest BCUT2D eigenvalue weighted by Crippen LogP contribution is 2.26. The quantitative estimate of drug-likeness (QED) is 0.537. The van der Waals surface area contributed by atoms with Gasteiger partial charge in [0.1, 0.15) is 22.7 Å². The fourth-order valence-electron chi connectivity index (χ4n) is 2.84. The van der Waals surface area contributed by atoms with Crippen molar-refractivity contribution in [3.8, 4) is 11.3 Å². The van der Waals surface area contributed by atoms with Crippen LogP contribution in [0.1, 0.15) is 29.5 Å². The first-order valence-electron chi connectivity index (χ1n) is 8.05. The predicted octanol–water partition coefficient (Wildman–Crippen LogP) is 3.23. The molecule has 8 heteroatoms. The number of imidazole rings is 1. The van der Waals surface area contributed by atoms with Crippen LogP contribution in [0.4, 0.5) is 4.39 Å². The number of halogens is 1. The zero-order chi connectivity index (χ0) is 18.3. The number of rotatable bonds is 3. The highest BCUT2D eigenvalue weighted by Gasteiger charge is 2.18. The van der Waals surface area contributed by atoms with E-state index in [1.54, 1.807) is 22.7 Å². The summed E-state index contributed by atoms with van der Waals surface area (Å²) in [6.45, 7) is 3.30. The first kappa shape index (κ1) is 16.1. The van der Waals surface area contributed by atoms with Gasteiger partial charge in [-0.25, -0.2) is 14.7 Å². The van der Waals surface area contributed by atoms with Crippen LogP contribution in [0.2, 0.25) is 0 Å². The predicted molar refractivity (Wildman–Crippen MR) is 95.5 cm³/mol. The van der Waals surface area contributed by atoms with Crippen molar-refractivity contribution in [1.29, 1.82) is 0 Å². The number of Topliss-reactive ketones (excluding diaryl/α,β-unsaturated/α-hetero) is 1. The molecule has 130 valence electrons. The molecule has 3 aromatic rings. The summed E-state index contributed by atoms with van der Waals surface area (Å²) in [6.07, 6.45) is 8.79. The highest BCUT2D eigenvalue weighted by molar-refractivity contribution is 5.92. The zero-order valence-corrected chi connectivity index (χ0v) is 14.2. The van der Waals surface area contributed by atoms with Gasteiger partial charge in [-0.2, -0.15) is 4.39 Å². The standard InChI is InChI=1S/C18H15FN6O/c1-11-17(22-23-25(11)15-5-3-4-8-20-18(15)19)13-6-7-16-21-14(12(2)26)10-24(16)9-13/h3-4,6-10H,5H2,1-2H3. The van der Waals surface area contributed by atoms with Crippen molar-refractivity contribution in [2.45, 2.75) is 20.3 Å². The van der Waals surface area contributed by atoms with Crippen molar-refractivity contribution in [2.24, 2.45) is 4.99 Å². The lowest BCUT2D eigenvalue weighted by Gasteiger charge is -2.06. The van der Waals surface area contributed by atoms with E-state index in [0.29, 0.717) is 34.8 Å². The molecular weight excluding hydrogens is 335 g/mol. The molecule has 0 saturated carbocycles. The molecular formula is C18H15FN6O. The van der Waals surface area contributed by atoms with Gasteiger partial charge >= 0.3 is 0 Å².